The number of rotatable bonds is 2. The Labute approximate surface area is 110 Å². The molecule has 0 bridgehead atoms. The van der Waals surface area contributed by atoms with Crippen LogP contribution in [0.3, 0.4) is 0 Å². The van der Waals surface area contributed by atoms with Gasteiger partial charge in [-0.25, -0.2) is 0 Å². The number of aliphatic imine (C=N–C) groups is 1. The van der Waals surface area contributed by atoms with Crippen LogP contribution < -0.4 is 5.32 Å². The number of ether oxygens (including phenoxy) is 1. The first-order valence-corrected chi connectivity index (χ1v) is 6.61. The number of fused-ring (bicyclic) bond motifs is 1. The van der Waals surface area contributed by atoms with Crippen molar-refractivity contribution in [2.24, 2.45) is 4.99 Å². The van der Waals surface area contributed by atoms with E-state index in [1.54, 1.807) is 14.0 Å². The van der Waals surface area contributed by atoms with Gasteiger partial charge in [-0.1, -0.05) is 18.3 Å². The van der Waals surface area contributed by atoms with Crippen molar-refractivity contribution in [3.63, 3.8) is 0 Å². The Kier molecular flexibility index (Phi) is 3.98. The number of hydrogen-bond acceptors (Lipinski definition) is 7. The first-order valence-electron chi connectivity index (χ1n) is 5.73. The Morgan fingerprint density at radius 1 is 1.50 bits per heavy atom. The highest BCUT2D eigenvalue weighted by molar-refractivity contribution is 8.14. The van der Waals surface area contributed by atoms with Gasteiger partial charge in [0.25, 0.3) is 0 Å². The molecule has 0 saturated carbocycles. The van der Waals surface area contributed by atoms with E-state index in [9.17, 15) is 15.3 Å². The van der Waals surface area contributed by atoms with E-state index in [0.29, 0.717) is 10.7 Å². The molecule has 4 N–H and O–H groups in total. The number of thioether (sulfide) groups is 1. The summed E-state index contributed by atoms with van der Waals surface area (Å²) in [6, 6.07) is -0.513. The van der Waals surface area contributed by atoms with E-state index < -0.39 is 35.9 Å². The highest BCUT2D eigenvalue weighted by atomic mass is 32.2. The summed E-state index contributed by atoms with van der Waals surface area (Å²) in [6.45, 7) is 5.29. The average Bonchev–Trinajstić information content (AvgIpc) is 2.76. The molecule has 2 aliphatic rings. The zero-order chi connectivity index (χ0) is 13.4. The minimum atomic E-state index is -1.18. The Bertz CT molecular complexity index is 376. The lowest BCUT2D eigenvalue weighted by atomic mass is 9.92. The molecule has 0 radical (unpaired) electrons. The minimum Gasteiger partial charge on any atom is -0.388 e. The molecule has 6 nitrogen and oxygen atoms in total. The van der Waals surface area contributed by atoms with Crippen LogP contribution in [-0.2, 0) is 4.74 Å². The van der Waals surface area contributed by atoms with Gasteiger partial charge >= 0.3 is 0 Å². The topological polar surface area (TPSA) is 94.3 Å². The fourth-order valence-corrected chi connectivity index (χ4v) is 3.11. The molecule has 0 amide bonds. The Hall–Kier alpha value is -0.600. The van der Waals surface area contributed by atoms with Crippen LogP contribution in [0.5, 0.6) is 0 Å². The predicted molar refractivity (Wildman–Crippen MR) is 69.4 cm³/mol. The molecule has 102 valence electrons. The summed E-state index contributed by atoms with van der Waals surface area (Å²) in [5, 5.41) is 33.5. The zero-order valence-corrected chi connectivity index (χ0v) is 11.1. The van der Waals surface area contributed by atoms with E-state index in [-0.39, 0.29) is 0 Å². The molecule has 7 heteroatoms. The van der Waals surface area contributed by atoms with Crippen molar-refractivity contribution >= 4 is 16.9 Å². The van der Waals surface area contributed by atoms with Gasteiger partial charge in [0.05, 0.1) is 0 Å². The smallest absolute Gasteiger partial charge is 0.159 e. The van der Waals surface area contributed by atoms with Crippen molar-refractivity contribution in [2.75, 3.05) is 7.05 Å². The lowest BCUT2D eigenvalue weighted by Gasteiger charge is -2.40. The summed E-state index contributed by atoms with van der Waals surface area (Å²) in [7, 11) is 1.73. The monoisotopic (exact) mass is 274 g/mol. The molecule has 18 heavy (non-hydrogen) atoms. The maximum absolute atomic E-state index is 10.0. The van der Waals surface area contributed by atoms with Crippen LogP contribution >= 0.6 is 11.8 Å². The van der Waals surface area contributed by atoms with Gasteiger partial charge in [-0.05, 0) is 12.5 Å². The third-order valence-corrected chi connectivity index (χ3v) is 4.29. The van der Waals surface area contributed by atoms with Crippen molar-refractivity contribution in [1.29, 1.82) is 0 Å². The van der Waals surface area contributed by atoms with Crippen LogP contribution in [0.15, 0.2) is 17.1 Å². The fourth-order valence-electron chi connectivity index (χ4n) is 2.05. The molecule has 2 heterocycles. The van der Waals surface area contributed by atoms with E-state index >= 15 is 0 Å². The predicted octanol–water partition coefficient (Wildman–Crippen LogP) is -0.939. The molecule has 2 aliphatic heterocycles. The molecule has 0 aliphatic carbocycles. The van der Waals surface area contributed by atoms with Crippen LogP contribution in [0.4, 0.5) is 0 Å². The van der Waals surface area contributed by atoms with Crippen molar-refractivity contribution in [3.8, 4) is 0 Å². The number of amidine groups is 1. The zero-order valence-electron chi connectivity index (χ0n) is 10.3. The van der Waals surface area contributed by atoms with E-state index in [1.165, 1.54) is 11.8 Å². The van der Waals surface area contributed by atoms with Crippen LogP contribution in [0.2, 0.25) is 0 Å². The van der Waals surface area contributed by atoms with Gasteiger partial charge in [0.15, 0.2) is 5.17 Å². The van der Waals surface area contributed by atoms with Crippen LogP contribution in [0.1, 0.15) is 6.92 Å². The molecule has 0 aromatic rings. The molecule has 6 atom stereocenters. The summed E-state index contributed by atoms with van der Waals surface area (Å²) >= 11 is 1.34. The van der Waals surface area contributed by atoms with Gasteiger partial charge < -0.3 is 25.4 Å². The van der Waals surface area contributed by atoms with Gasteiger partial charge in [-0.3, -0.25) is 4.99 Å². The van der Waals surface area contributed by atoms with Gasteiger partial charge in [0.1, 0.15) is 35.9 Å². The SMILES string of the molecule is C=C(C)C(O)[C@H]1O[C@@H]2SC(NC)=N[C@@H]2[C@@H](O)[C@@H]1O. The number of hydrogen-bond donors (Lipinski definition) is 4. The normalized spacial score (nSPS) is 40.9. The third kappa shape index (κ3) is 2.28. The van der Waals surface area contributed by atoms with E-state index in [4.69, 9.17) is 4.74 Å². The highest BCUT2D eigenvalue weighted by Crippen LogP contribution is 2.37. The van der Waals surface area contributed by atoms with E-state index in [0.717, 1.165) is 0 Å². The third-order valence-electron chi connectivity index (χ3n) is 3.13. The summed E-state index contributed by atoms with van der Waals surface area (Å²) in [5.74, 6) is 0. The Balaban J connectivity index is 2.15. The summed E-state index contributed by atoms with van der Waals surface area (Å²) in [5.41, 5.74) is 0.0901. The molecule has 0 aromatic heterocycles. The van der Waals surface area contributed by atoms with Crippen molar-refractivity contribution in [2.45, 2.75) is 42.8 Å². The van der Waals surface area contributed by atoms with E-state index in [2.05, 4.69) is 16.9 Å². The maximum Gasteiger partial charge on any atom is 0.159 e. The summed E-state index contributed by atoms with van der Waals surface area (Å²) in [4.78, 5) is 4.23. The van der Waals surface area contributed by atoms with Crippen molar-refractivity contribution in [1.82, 2.24) is 5.32 Å². The van der Waals surface area contributed by atoms with Crippen molar-refractivity contribution in [3.05, 3.63) is 12.2 Å². The minimum absolute atomic E-state index is 0.398. The molecule has 1 saturated heterocycles. The number of nitrogens with zero attached hydrogens (tertiary/aromatic N) is 1. The lowest BCUT2D eigenvalue weighted by molar-refractivity contribution is -0.178. The Morgan fingerprint density at radius 2 is 2.17 bits per heavy atom. The highest BCUT2D eigenvalue weighted by Gasteiger charge is 2.50. The van der Waals surface area contributed by atoms with Crippen LogP contribution in [-0.4, -0.2) is 63.4 Å². The molecular weight excluding hydrogens is 256 g/mol. The van der Waals surface area contributed by atoms with E-state index in [1.807, 2.05) is 0 Å². The quantitative estimate of drug-likeness (QED) is 0.486. The number of aliphatic hydroxyl groups excluding tert-OH is 3. The molecule has 1 fully saturated rings. The standard InChI is InChI=1S/C11H18N2O4S/c1-4(2)6(14)9-8(16)7(15)5-10(17-9)18-11(12-3)13-5/h5-10,14-16H,1H2,2-3H3,(H,12,13)/t5-,6?,7-,8+,9-,10-/m1/s1. The largest absolute Gasteiger partial charge is 0.388 e. The first-order chi connectivity index (χ1) is 8.45. The molecular formula is C11H18N2O4S. The van der Waals surface area contributed by atoms with Crippen LogP contribution in [0.25, 0.3) is 0 Å². The molecule has 0 spiro atoms. The second-order valence-electron chi connectivity index (χ2n) is 4.53. The summed E-state index contributed by atoms with van der Waals surface area (Å²) < 4.78 is 5.64. The van der Waals surface area contributed by atoms with Crippen LogP contribution in [0, 0.1) is 0 Å². The van der Waals surface area contributed by atoms with Crippen molar-refractivity contribution < 1.29 is 20.1 Å². The number of aliphatic hydroxyl groups is 3. The maximum atomic E-state index is 10.0. The lowest BCUT2D eigenvalue weighted by Crippen LogP contribution is -2.58. The Morgan fingerprint density at radius 3 is 2.72 bits per heavy atom. The van der Waals surface area contributed by atoms with Gasteiger partial charge in [0, 0.05) is 7.05 Å². The van der Waals surface area contributed by atoms with Gasteiger partial charge in [0.2, 0.25) is 0 Å². The molecule has 1 unspecified atom stereocenters. The first kappa shape index (κ1) is 13.8. The average molecular weight is 274 g/mol. The molecule has 2 rings (SSSR count). The van der Waals surface area contributed by atoms with Gasteiger partial charge in [-0.2, -0.15) is 0 Å². The second-order valence-corrected chi connectivity index (χ2v) is 5.62. The fraction of sp³-hybridized carbons (Fsp3) is 0.727. The molecule has 0 aromatic carbocycles. The second kappa shape index (κ2) is 5.18. The van der Waals surface area contributed by atoms with Gasteiger partial charge in [-0.15, -0.1) is 0 Å². The summed E-state index contributed by atoms with van der Waals surface area (Å²) in [6.07, 6.45) is -4.12. The number of nitrogens with one attached hydrogen (secondary N) is 1.